The number of guanidine groups is 1. The van der Waals surface area contributed by atoms with Gasteiger partial charge in [-0.2, -0.15) is 0 Å². The van der Waals surface area contributed by atoms with Crippen molar-refractivity contribution in [2.75, 3.05) is 32.8 Å². The van der Waals surface area contributed by atoms with Crippen LogP contribution < -0.4 is 10.6 Å². The molecule has 7 heteroatoms. The Morgan fingerprint density at radius 2 is 2.07 bits per heavy atom. The number of nitrogens with zero attached hydrogens (tertiary/aromatic N) is 3. The molecule has 0 bridgehead atoms. The van der Waals surface area contributed by atoms with Gasteiger partial charge in [0.05, 0.1) is 5.69 Å². The van der Waals surface area contributed by atoms with E-state index >= 15 is 0 Å². The van der Waals surface area contributed by atoms with Crippen LogP contribution in [0, 0.1) is 11.8 Å². The average molecular weight is 518 g/mol. The van der Waals surface area contributed by atoms with Gasteiger partial charge in [0.15, 0.2) is 5.96 Å². The van der Waals surface area contributed by atoms with Crippen LogP contribution >= 0.6 is 24.0 Å². The van der Waals surface area contributed by atoms with Crippen molar-refractivity contribution in [1.29, 1.82) is 0 Å². The fraction of sp³-hybridized carbons (Fsp3) is 0.727. The van der Waals surface area contributed by atoms with Crippen LogP contribution in [0.3, 0.4) is 0 Å². The second kappa shape index (κ2) is 15.0. The number of likely N-dealkylation sites (tertiary alicyclic amines) is 1. The fourth-order valence-electron chi connectivity index (χ4n) is 3.82. The van der Waals surface area contributed by atoms with Gasteiger partial charge < -0.3 is 15.7 Å². The summed E-state index contributed by atoms with van der Waals surface area (Å²) in [5.41, 5.74) is 1.14. The van der Waals surface area contributed by atoms with Crippen LogP contribution in [0.25, 0.3) is 0 Å². The number of hydrogen-bond acceptors (Lipinski definition) is 4. The number of pyridine rings is 1. The van der Waals surface area contributed by atoms with Crippen molar-refractivity contribution in [3.8, 4) is 0 Å². The maximum absolute atomic E-state index is 9.32. The smallest absolute Gasteiger partial charge is 0.191 e. The molecule has 1 aliphatic heterocycles. The third-order valence-corrected chi connectivity index (χ3v) is 5.23. The lowest BCUT2D eigenvalue weighted by Crippen LogP contribution is -2.48. The summed E-state index contributed by atoms with van der Waals surface area (Å²) < 4.78 is 0. The standard InChI is InChI=1S/C22H39N5O.HI/c1-4-23-22(25-16-19(10-14-28)15-18(2)3)26-20-8-12-27(13-9-20)17-21-7-5-6-11-24-21;/h5-7,11,18-20,28H,4,8-10,12-17H2,1-3H3,(H2,23,25,26);1H. The first kappa shape index (κ1) is 26.1. The quantitative estimate of drug-likeness (QED) is 0.253. The SMILES string of the molecule is CCNC(=NCC(CCO)CC(C)C)NC1CCN(Cc2ccccn2)CC1.I. The van der Waals surface area contributed by atoms with Gasteiger partial charge in [-0.25, -0.2) is 0 Å². The Morgan fingerprint density at radius 1 is 1.31 bits per heavy atom. The second-order valence-electron chi connectivity index (χ2n) is 8.24. The Labute approximate surface area is 194 Å². The fourth-order valence-corrected chi connectivity index (χ4v) is 3.82. The van der Waals surface area contributed by atoms with Crippen molar-refractivity contribution in [1.82, 2.24) is 20.5 Å². The van der Waals surface area contributed by atoms with Crippen molar-refractivity contribution in [3.63, 3.8) is 0 Å². The van der Waals surface area contributed by atoms with E-state index in [-0.39, 0.29) is 30.6 Å². The van der Waals surface area contributed by atoms with Crippen molar-refractivity contribution < 1.29 is 5.11 Å². The molecule has 2 rings (SSSR count). The molecular formula is C22H40IN5O. The van der Waals surface area contributed by atoms with Crippen LogP contribution in [-0.2, 0) is 6.54 Å². The van der Waals surface area contributed by atoms with Crippen LogP contribution in [0.2, 0.25) is 0 Å². The maximum Gasteiger partial charge on any atom is 0.191 e. The minimum absolute atomic E-state index is 0. The van der Waals surface area contributed by atoms with Gasteiger partial charge in [-0.05, 0) is 56.6 Å². The van der Waals surface area contributed by atoms with Gasteiger partial charge in [-0.3, -0.25) is 14.9 Å². The zero-order chi connectivity index (χ0) is 20.2. The number of aliphatic hydroxyl groups excluding tert-OH is 1. The number of hydrogen-bond donors (Lipinski definition) is 3. The van der Waals surface area contributed by atoms with Gasteiger partial charge in [-0.15, -0.1) is 24.0 Å². The van der Waals surface area contributed by atoms with Crippen LogP contribution in [0.5, 0.6) is 0 Å². The lowest BCUT2D eigenvalue weighted by Gasteiger charge is -2.33. The Hall–Kier alpha value is -0.930. The van der Waals surface area contributed by atoms with Gasteiger partial charge in [0.2, 0.25) is 0 Å². The van der Waals surface area contributed by atoms with E-state index in [9.17, 15) is 5.11 Å². The molecule has 1 unspecified atom stereocenters. The number of rotatable bonds is 10. The van der Waals surface area contributed by atoms with E-state index in [1.54, 1.807) is 0 Å². The third kappa shape index (κ3) is 10.6. The van der Waals surface area contributed by atoms with Crippen molar-refractivity contribution in [3.05, 3.63) is 30.1 Å². The molecule has 1 saturated heterocycles. The largest absolute Gasteiger partial charge is 0.396 e. The summed E-state index contributed by atoms with van der Waals surface area (Å²) in [5, 5.41) is 16.3. The van der Waals surface area contributed by atoms with E-state index in [1.165, 1.54) is 0 Å². The Balaban J connectivity index is 0.00000420. The maximum atomic E-state index is 9.32. The van der Waals surface area contributed by atoms with Crippen LogP contribution in [0.15, 0.2) is 29.4 Å². The molecule has 166 valence electrons. The van der Waals surface area contributed by atoms with Gasteiger partial charge in [0, 0.05) is 51.6 Å². The van der Waals surface area contributed by atoms with E-state index in [0.29, 0.717) is 17.9 Å². The van der Waals surface area contributed by atoms with E-state index in [4.69, 9.17) is 4.99 Å². The molecule has 2 heterocycles. The molecule has 3 N–H and O–H groups in total. The summed E-state index contributed by atoms with van der Waals surface area (Å²) in [7, 11) is 0. The Bertz CT molecular complexity index is 562. The highest BCUT2D eigenvalue weighted by atomic mass is 127. The highest BCUT2D eigenvalue weighted by Gasteiger charge is 2.20. The molecule has 29 heavy (non-hydrogen) atoms. The molecule has 0 aliphatic carbocycles. The molecule has 0 aromatic carbocycles. The lowest BCUT2D eigenvalue weighted by molar-refractivity contribution is 0.196. The molecule has 1 fully saturated rings. The molecular weight excluding hydrogens is 477 g/mol. The zero-order valence-electron chi connectivity index (χ0n) is 18.3. The first-order valence-electron chi connectivity index (χ1n) is 10.9. The van der Waals surface area contributed by atoms with E-state index in [0.717, 1.165) is 70.1 Å². The number of piperidine rings is 1. The molecule has 0 spiro atoms. The van der Waals surface area contributed by atoms with E-state index in [1.807, 2.05) is 12.3 Å². The Kier molecular flexibility index (Phi) is 13.5. The van der Waals surface area contributed by atoms with Crippen LogP contribution in [0.1, 0.15) is 52.1 Å². The summed E-state index contributed by atoms with van der Waals surface area (Å²) >= 11 is 0. The molecule has 6 nitrogen and oxygen atoms in total. The molecule has 1 aromatic heterocycles. The molecule has 1 aromatic rings. The zero-order valence-corrected chi connectivity index (χ0v) is 20.6. The first-order chi connectivity index (χ1) is 13.6. The summed E-state index contributed by atoms with van der Waals surface area (Å²) in [6.07, 6.45) is 6.03. The van der Waals surface area contributed by atoms with Gasteiger partial charge >= 0.3 is 0 Å². The number of aliphatic hydroxyl groups is 1. The molecule has 1 atom stereocenters. The first-order valence-corrected chi connectivity index (χ1v) is 10.9. The van der Waals surface area contributed by atoms with Gasteiger partial charge in [-0.1, -0.05) is 19.9 Å². The number of nitrogens with one attached hydrogen (secondary N) is 2. The minimum Gasteiger partial charge on any atom is -0.396 e. The van der Waals surface area contributed by atoms with Crippen molar-refractivity contribution >= 4 is 29.9 Å². The lowest BCUT2D eigenvalue weighted by atomic mass is 9.94. The third-order valence-electron chi connectivity index (χ3n) is 5.23. The summed E-state index contributed by atoms with van der Waals surface area (Å²) in [4.78, 5) is 11.7. The Morgan fingerprint density at radius 3 is 2.66 bits per heavy atom. The second-order valence-corrected chi connectivity index (χ2v) is 8.24. The van der Waals surface area contributed by atoms with Crippen LogP contribution in [-0.4, -0.2) is 59.8 Å². The summed E-state index contributed by atoms with van der Waals surface area (Å²) in [5.74, 6) is 1.99. The normalized spacial score (nSPS) is 17.1. The van der Waals surface area contributed by atoms with E-state index in [2.05, 4.69) is 53.4 Å². The predicted octanol–water partition coefficient (Wildman–Crippen LogP) is 3.26. The highest BCUT2D eigenvalue weighted by Crippen LogP contribution is 2.16. The van der Waals surface area contributed by atoms with Crippen molar-refractivity contribution in [2.45, 2.75) is 59.0 Å². The number of aliphatic imine (C=N–C) groups is 1. The summed E-state index contributed by atoms with van der Waals surface area (Å²) in [6.45, 7) is 11.5. The molecule has 0 amide bonds. The monoisotopic (exact) mass is 517 g/mol. The topological polar surface area (TPSA) is 72.8 Å². The molecule has 0 radical (unpaired) electrons. The molecule has 0 saturated carbocycles. The van der Waals surface area contributed by atoms with Crippen molar-refractivity contribution in [2.24, 2.45) is 16.8 Å². The van der Waals surface area contributed by atoms with E-state index < -0.39 is 0 Å². The average Bonchev–Trinajstić information content (AvgIpc) is 2.68. The number of halogens is 1. The number of aromatic nitrogens is 1. The highest BCUT2D eigenvalue weighted by molar-refractivity contribution is 14.0. The van der Waals surface area contributed by atoms with Crippen LogP contribution in [0.4, 0.5) is 0 Å². The predicted molar refractivity (Wildman–Crippen MR) is 132 cm³/mol. The summed E-state index contributed by atoms with van der Waals surface area (Å²) in [6, 6.07) is 6.58. The van der Waals surface area contributed by atoms with Gasteiger partial charge in [0.1, 0.15) is 0 Å². The van der Waals surface area contributed by atoms with Gasteiger partial charge in [0.25, 0.3) is 0 Å². The minimum atomic E-state index is 0. The molecule has 1 aliphatic rings.